The molecule has 0 fully saturated rings. The van der Waals surface area contributed by atoms with Gasteiger partial charge in [-0.2, -0.15) is 0 Å². The lowest BCUT2D eigenvalue weighted by Gasteiger charge is -2.15. The average molecular weight is 277 g/mol. The second-order valence-corrected chi connectivity index (χ2v) is 4.13. The maximum atomic E-state index is 11.8. The Morgan fingerprint density at radius 3 is 2.70 bits per heavy atom. The van der Waals surface area contributed by atoms with Gasteiger partial charge in [-0.15, -0.1) is 0 Å². The number of amides is 2. The predicted octanol–water partition coefficient (Wildman–Crippen LogP) is 0.260. The van der Waals surface area contributed by atoms with Crippen LogP contribution in [0.25, 0.3) is 0 Å². The SMILES string of the molecule is CCNC(=O)CN1C(=O)C(=O)c2cc([N+](=O)[O-])ccc21. The van der Waals surface area contributed by atoms with Crippen LogP contribution in [-0.4, -0.2) is 35.6 Å². The molecule has 0 saturated heterocycles. The molecule has 2 rings (SSSR count). The minimum absolute atomic E-state index is 0.0477. The quantitative estimate of drug-likeness (QED) is 0.482. The highest BCUT2D eigenvalue weighted by molar-refractivity contribution is 6.52. The number of fused-ring (bicyclic) bond motifs is 1. The van der Waals surface area contributed by atoms with E-state index in [1.165, 1.54) is 12.1 Å². The first-order chi connectivity index (χ1) is 9.45. The first-order valence-electron chi connectivity index (χ1n) is 5.87. The van der Waals surface area contributed by atoms with Gasteiger partial charge in [0.25, 0.3) is 17.4 Å². The molecule has 0 saturated carbocycles. The zero-order valence-electron chi connectivity index (χ0n) is 10.6. The number of hydrogen-bond donors (Lipinski definition) is 1. The number of non-ortho nitro benzene ring substituents is 1. The summed E-state index contributed by atoms with van der Waals surface area (Å²) in [6.07, 6.45) is 0. The third-order valence-electron chi connectivity index (χ3n) is 2.84. The van der Waals surface area contributed by atoms with Crippen LogP contribution in [0.2, 0.25) is 0 Å². The molecule has 0 spiro atoms. The molecule has 1 heterocycles. The van der Waals surface area contributed by atoms with E-state index >= 15 is 0 Å². The Balaban J connectivity index is 2.36. The minimum Gasteiger partial charge on any atom is -0.355 e. The first-order valence-corrected chi connectivity index (χ1v) is 5.87. The van der Waals surface area contributed by atoms with Crippen molar-refractivity contribution in [1.29, 1.82) is 0 Å². The summed E-state index contributed by atoms with van der Waals surface area (Å²) in [5, 5.41) is 13.2. The molecule has 0 bridgehead atoms. The van der Waals surface area contributed by atoms with Crippen molar-refractivity contribution in [1.82, 2.24) is 5.32 Å². The average Bonchev–Trinajstić information content (AvgIpc) is 2.64. The van der Waals surface area contributed by atoms with Crippen molar-refractivity contribution in [2.24, 2.45) is 0 Å². The first kappa shape index (κ1) is 13.7. The summed E-state index contributed by atoms with van der Waals surface area (Å²) in [6.45, 7) is 1.84. The molecule has 0 radical (unpaired) electrons. The van der Waals surface area contributed by atoms with Gasteiger partial charge < -0.3 is 5.32 Å². The maximum Gasteiger partial charge on any atom is 0.299 e. The van der Waals surface area contributed by atoms with Crippen LogP contribution in [0.3, 0.4) is 0 Å². The lowest BCUT2D eigenvalue weighted by atomic mass is 10.1. The van der Waals surface area contributed by atoms with Crippen LogP contribution in [0.1, 0.15) is 17.3 Å². The summed E-state index contributed by atoms with van der Waals surface area (Å²) in [4.78, 5) is 46.1. The molecule has 20 heavy (non-hydrogen) atoms. The Labute approximate surface area is 113 Å². The van der Waals surface area contributed by atoms with Gasteiger partial charge in [0.2, 0.25) is 5.91 Å². The number of nitrogens with one attached hydrogen (secondary N) is 1. The molecule has 1 aliphatic rings. The van der Waals surface area contributed by atoms with E-state index in [9.17, 15) is 24.5 Å². The highest BCUT2D eigenvalue weighted by atomic mass is 16.6. The normalized spacial score (nSPS) is 13.3. The smallest absolute Gasteiger partial charge is 0.299 e. The molecule has 1 N–H and O–H groups in total. The van der Waals surface area contributed by atoms with E-state index < -0.39 is 22.5 Å². The van der Waals surface area contributed by atoms with Gasteiger partial charge in [-0.05, 0) is 13.0 Å². The Morgan fingerprint density at radius 1 is 1.40 bits per heavy atom. The fourth-order valence-electron chi connectivity index (χ4n) is 1.96. The van der Waals surface area contributed by atoms with Crippen LogP contribution >= 0.6 is 0 Å². The molecule has 1 aliphatic heterocycles. The van der Waals surface area contributed by atoms with E-state index in [4.69, 9.17) is 0 Å². The Hall–Kier alpha value is -2.77. The number of nitro groups is 1. The number of carbonyl (C=O) groups excluding carboxylic acids is 3. The Kier molecular flexibility index (Phi) is 3.47. The van der Waals surface area contributed by atoms with Gasteiger partial charge in [-0.1, -0.05) is 0 Å². The highest BCUT2D eigenvalue weighted by Crippen LogP contribution is 2.31. The number of rotatable bonds is 4. The van der Waals surface area contributed by atoms with E-state index in [0.717, 1.165) is 11.0 Å². The van der Waals surface area contributed by atoms with Gasteiger partial charge in [-0.3, -0.25) is 29.4 Å². The Morgan fingerprint density at radius 2 is 2.10 bits per heavy atom. The topological polar surface area (TPSA) is 110 Å². The van der Waals surface area contributed by atoms with E-state index in [1.54, 1.807) is 6.92 Å². The number of nitrogens with zero attached hydrogens (tertiary/aromatic N) is 2. The molecule has 0 atom stereocenters. The maximum absolute atomic E-state index is 11.8. The van der Waals surface area contributed by atoms with E-state index in [-0.39, 0.29) is 23.5 Å². The monoisotopic (exact) mass is 277 g/mol. The molecule has 0 unspecified atom stereocenters. The van der Waals surface area contributed by atoms with Crippen LogP contribution in [0.4, 0.5) is 11.4 Å². The molecule has 8 heteroatoms. The number of ketones is 1. The van der Waals surface area contributed by atoms with Crippen LogP contribution in [0, 0.1) is 10.1 Å². The fraction of sp³-hybridized carbons (Fsp3) is 0.250. The van der Waals surface area contributed by atoms with E-state index in [1.807, 2.05) is 0 Å². The second kappa shape index (κ2) is 5.08. The molecular formula is C12H11N3O5. The second-order valence-electron chi connectivity index (χ2n) is 4.13. The third-order valence-corrected chi connectivity index (χ3v) is 2.84. The largest absolute Gasteiger partial charge is 0.355 e. The molecule has 1 aromatic rings. The van der Waals surface area contributed by atoms with Crippen molar-refractivity contribution in [2.75, 3.05) is 18.0 Å². The van der Waals surface area contributed by atoms with Gasteiger partial charge in [-0.25, -0.2) is 0 Å². The zero-order chi connectivity index (χ0) is 14.9. The lowest BCUT2D eigenvalue weighted by molar-refractivity contribution is -0.384. The number of likely N-dealkylation sites (N-methyl/N-ethyl adjacent to an activating group) is 1. The van der Waals surface area contributed by atoms with Gasteiger partial charge in [0, 0.05) is 18.7 Å². The van der Waals surface area contributed by atoms with Gasteiger partial charge in [0.05, 0.1) is 16.2 Å². The molecular weight excluding hydrogens is 266 g/mol. The number of Topliss-reactive ketones (excluding diaryl/α,β-unsaturated/α-hetero) is 1. The van der Waals surface area contributed by atoms with Crippen molar-refractivity contribution in [2.45, 2.75) is 6.92 Å². The molecule has 0 aliphatic carbocycles. The van der Waals surface area contributed by atoms with E-state index in [2.05, 4.69) is 5.32 Å². The van der Waals surface area contributed by atoms with Gasteiger partial charge >= 0.3 is 0 Å². The summed E-state index contributed by atoms with van der Waals surface area (Å²) in [7, 11) is 0. The van der Waals surface area contributed by atoms with Crippen molar-refractivity contribution in [3.8, 4) is 0 Å². The van der Waals surface area contributed by atoms with Crippen LogP contribution < -0.4 is 10.2 Å². The number of hydrogen-bond acceptors (Lipinski definition) is 5. The predicted molar refractivity (Wildman–Crippen MR) is 68.5 cm³/mol. The Bertz CT molecular complexity index is 626. The molecule has 104 valence electrons. The number of benzene rings is 1. The van der Waals surface area contributed by atoms with Crippen LogP contribution in [0.5, 0.6) is 0 Å². The zero-order valence-corrected chi connectivity index (χ0v) is 10.6. The lowest BCUT2D eigenvalue weighted by Crippen LogP contribution is -2.40. The standard InChI is InChI=1S/C12H11N3O5/c1-2-13-10(16)6-14-9-4-3-7(15(19)20)5-8(9)11(17)12(14)18/h3-5H,2,6H2,1H3,(H,13,16). The highest BCUT2D eigenvalue weighted by Gasteiger charge is 2.37. The number of nitro benzene ring substituents is 1. The van der Waals surface area contributed by atoms with Crippen molar-refractivity contribution < 1.29 is 19.3 Å². The molecule has 0 aromatic heterocycles. The minimum atomic E-state index is -0.855. The summed E-state index contributed by atoms with van der Waals surface area (Å²) >= 11 is 0. The van der Waals surface area contributed by atoms with Crippen molar-refractivity contribution >= 4 is 29.0 Å². The van der Waals surface area contributed by atoms with Crippen molar-refractivity contribution in [3.05, 3.63) is 33.9 Å². The van der Waals surface area contributed by atoms with Crippen LogP contribution in [0.15, 0.2) is 18.2 Å². The van der Waals surface area contributed by atoms with Gasteiger partial charge in [0.15, 0.2) is 0 Å². The molecule has 2 amide bonds. The molecule has 1 aromatic carbocycles. The third kappa shape index (κ3) is 2.22. The summed E-state index contributed by atoms with van der Waals surface area (Å²) < 4.78 is 0. The number of carbonyl (C=O) groups is 3. The summed E-state index contributed by atoms with van der Waals surface area (Å²) in [5.74, 6) is -2.10. The summed E-state index contributed by atoms with van der Waals surface area (Å²) in [6, 6.07) is 3.54. The number of anilines is 1. The van der Waals surface area contributed by atoms with E-state index in [0.29, 0.717) is 6.54 Å². The fourth-order valence-corrected chi connectivity index (χ4v) is 1.96. The summed E-state index contributed by atoms with van der Waals surface area (Å²) in [5.41, 5.74) is -0.102. The van der Waals surface area contributed by atoms with Gasteiger partial charge in [0.1, 0.15) is 6.54 Å². The van der Waals surface area contributed by atoms with Crippen molar-refractivity contribution in [3.63, 3.8) is 0 Å². The molecule has 8 nitrogen and oxygen atoms in total. The van der Waals surface area contributed by atoms with Crippen LogP contribution in [-0.2, 0) is 9.59 Å².